The Bertz CT molecular complexity index is 853. The summed E-state index contributed by atoms with van der Waals surface area (Å²) < 4.78 is 1.57. The predicted molar refractivity (Wildman–Crippen MR) is 107 cm³/mol. The predicted octanol–water partition coefficient (Wildman–Crippen LogP) is 0.424. The van der Waals surface area contributed by atoms with Crippen molar-refractivity contribution >= 4 is 11.8 Å². The molecule has 1 aliphatic heterocycles. The van der Waals surface area contributed by atoms with Crippen molar-refractivity contribution in [3.63, 3.8) is 0 Å². The second-order valence-electron chi connectivity index (χ2n) is 6.67. The van der Waals surface area contributed by atoms with E-state index in [-0.39, 0.29) is 5.56 Å². The Morgan fingerprint density at radius 1 is 1.26 bits per heavy atom. The topological polar surface area (TPSA) is 78.7 Å². The highest BCUT2D eigenvalue weighted by molar-refractivity contribution is 5.80. The van der Waals surface area contributed by atoms with Crippen molar-refractivity contribution in [3.05, 3.63) is 52.3 Å². The average Bonchev–Trinajstić information content (AvgIpc) is 2.69. The fourth-order valence-electron chi connectivity index (χ4n) is 3.26. The third-order valence-corrected chi connectivity index (χ3v) is 4.90. The van der Waals surface area contributed by atoms with Gasteiger partial charge in [-0.1, -0.05) is 0 Å². The lowest BCUT2D eigenvalue weighted by atomic mass is 10.1. The number of hydrogen-bond acceptors (Lipinski definition) is 5. The molecule has 0 saturated carbocycles. The molecule has 144 valence electrons. The number of hydrogen-bond donors (Lipinski definition) is 1. The average molecular weight is 369 g/mol. The molecular formula is C19H27N7O. The molecule has 8 heteroatoms. The maximum atomic E-state index is 12.2. The lowest BCUT2D eigenvalue weighted by Crippen LogP contribution is -2.53. The second-order valence-corrected chi connectivity index (χ2v) is 6.67. The number of piperazine rings is 1. The fraction of sp³-hybridized carbons (Fsp3) is 0.474. The van der Waals surface area contributed by atoms with Gasteiger partial charge < -0.3 is 19.7 Å². The quantitative estimate of drug-likeness (QED) is 0.622. The normalized spacial score (nSPS) is 15.1. The van der Waals surface area contributed by atoms with Crippen molar-refractivity contribution < 1.29 is 0 Å². The van der Waals surface area contributed by atoms with Crippen LogP contribution in [0.25, 0.3) is 0 Å². The molecule has 1 aliphatic rings. The van der Waals surface area contributed by atoms with Gasteiger partial charge in [0.1, 0.15) is 0 Å². The molecule has 0 spiro atoms. The van der Waals surface area contributed by atoms with Gasteiger partial charge in [-0.3, -0.25) is 14.8 Å². The summed E-state index contributed by atoms with van der Waals surface area (Å²) in [6, 6.07) is 2.06. The first-order chi connectivity index (χ1) is 13.1. The van der Waals surface area contributed by atoms with E-state index >= 15 is 0 Å². The first kappa shape index (κ1) is 18.9. The Balaban J connectivity index is 1.54. The van der Waals surface area contributed by atoms with E-state index in [0.29, 0.717) is 5.82 Å². The number of aromatic nitrogens is 3. The van der Waals surface area contributed by atoms with Gasteiger partial charge in [-0.05, 0) is 30.5 Å². The first-order valence-electron chi connectivity index (χ1n) is 9.22. The van der Waals surface area contributed by atoms with Crippen molar-refractivity contribution in [1.82, 2.24) is 24.8 Å². The molecule has 0 aromatic carbocycles. The second kappa shape index (κ2) is 8.66. The van der Waals surface area contributed by atoms with E-state index in [0.717, 1.165) is 45.1 Å². The molecule has 1 saturated heterocycles. The summed E-state index contributed by atoms with van der Waals surface area (Å²) in [6.45, 7) is 5.99. The monoisotopic (exact) mass is 369 g/mol. The zero-order chi connectivity index (χ0) is 19.2. The number of guanidine groups is 1. The van der Waals surface area contributed by atoms with Gasteiger partial charge in [-0.25, -0.2) is 4.98 Å². The maximum absolute atomic E-state index is 12.2. The van der Waals surface area contributed by atoms with Gasteiger partial charge in [0.05, 0.1) is 0 Å². The number of rotatable bonds is 4. The van der Waals surface area contributed by atoms with Gasteiger partial charge in [0.2, 0.25) is 0 Å². The number of aliphatic imine (C=N–C) groups is 1. The molecular weight excluding hydrogens is 342 g/mol. The molecule has 8 nitrogen and oxygen atoms in total. The fourth-order valence-corrected chi connectivity index (χ4v) is 3.26. The maximum Gasteiger partial charge on any atom is 0.293 e. The molecule has 3 heterocycles. The van der Waals surface area contributed by atoms with E-state index in [1.807, 2.05) is 17.3 Å². The first-order valence-corrected chi connectivity index (χ1v) is 9.22. The molecule has 0 bridgehead atoms. The summed E-state index contributed by atoms with van der Waals surface area (Å²) in [5.41, 5.74) is 2.45. The van der Waals surface area contributed by atoms with Gasteiger partial charge >= 0.3 is 0 Å². The van der Waals surface area contributed by atoms with E-state index in [4.69, 9.17) is 0 Å². The SMILES string of the molecule is CN=C(NCCc1ccncc1C)N1CCN(c2nccn(C)c2=O)CC1. The minimum absolute atomic E-state index is 0.0545. The van der Waals surface area contributed by atoms with Crippen LogP contribution < -0.4 is 15.8 Å². The lowest BCUT2D eigenvalue weighted by Gasteiger charge is -2.36. The molecule has 0 amide bonds. The van der Waals surface area contributed by atoms with E-state index in [9.17, 15) is 4.79 Å². The summed E-state index contributed by atoms with van der Waals surface area (Å²) >= 11 is 0. The van der Waals surface area contributed by atoms with E-state index in [1.54, 1.807) is 31.1 Å². The largest absolute Gasteiger partial charge is 0.356 e. The molecule has 0 unspecified atom stereocenters. The minimum atomic E-state index is -0.0545. The van der Waals surface area contributed by atoms with Crippen LogP contribution in [0.1, 0.15) is 11.1 Å². The number of nitrogens with zero attached hydrogens (tertiary/aromatic N) is 6. The number of pyridine rings is 1. The Labute approximate surface area is 159 Å². The zero-order valence-corrected chi connectivity index (χ0v) is 16.2. The number of aryl methyl sites for hydroxylation is 2. The number of nitrogens with one attached hydrogen (secondary N) is 1. The molecule has 27 heavy (non-hydrogen) atoms. The van der Waals surface area contributed by atoms with Crippen molar-refractivity contribution in [2.45, 2.75) is 13.3 Å². The summed E-state index contributed by atoms with van der Waals surface area (Å²) in [5, 5.41) is 3.45. The summed E-state index contributed by atoms with van der Waals surface area (Å²) in [5.74, 6) is 1.42. The molecule has 2 aromatic heterocycles. The molecule has 3 rings (SSSR count). The molecule has 1 fully saturated rings. The highest BCUT2D eigenvalue weighted by Gasteiger charge is 2.22. The van der Waals surface area contributed by atoms with E-state index < -0.39 is 0 Å². The van der Waals surface area contributed by atoms with Crippen LogP contribution in [-0.2, 0) is 13.5 Å². The molecule has 0 aliphatic carbocycles. The lowest BCUT2D eigenvalue weighted by molar-refractivity contribution is 0.371. The number of anilines is 1. The highest BCUT2D eigenvalue weighted by Crippen LogP contribution is 2.09. The van der Waals surface area contributed by atoms with Crippen LogP contribution in [0.3, 0.4) is 0 Å². The molecule has 0 radical (unpaired) electrons. The molecule has 0 atom stereocenters. The van der Waals surface area contributed by atoms with Crippen LogP contribution in [0.4, 0.5) is 5.82 Å². The summed E-state index contributed by atoms with van der Waals surface area (Å²) in [7, 11) is 3.56. The Morgan fingerprint density at radius 2 is 2.04 bits per heavy atom. The van der Waals surface area contributed by atoms with Crippen LogP contribution in [0.5, 0.6) is 0 Å². The van der Waals surface area contributed by atoms with Crippen LogP contribution >= 0.6 is 0 Å². The Morgan fingerprint density at radius 3 is 2.74 bits per heavy atom. The smallest absolute Gasteiger partial charge is 0.293 e. The standard InChI is InChI=1S/C19H27N7O/c1-15-14-21-6-4-16(15)5-7-23-19(20-2)26-12-10-25(11-13-26)17-18(27)24(3)9-8-22-17/h4,6,8-9,14H,5,7,10-13H2,1-3H3,(H,20,23). The van der Waals surface area contributed by atoms with Gasteiger partial charge in [-0.2, -0.15) is 0 Å². The summed E-state index contributed by atoms with van der Waals surface area (Å²) in [4.78, 5) is 29.3. The van der Waals surface area contributed by atoms with Gasteiger partial charge in [-0.15, -0.1) is 0 Å². The van der Waals surface area contributed by atoms with E-state index in [1.165, 1.54) is 11.1 Å². The van der Waals surface area contributed by atoms with Crippen LogP contribution in [0.15, 0.2) is 40.6 Å². The van der Waals surface area contributed by atoms with Crippen LogP contribution in [-0.4, -0.2) is 65.2 Å². The third-order valence-electron chi connectivity index (χ3n) is 4.90. The van der Waals surface area contributed by atoms with Crippen LogP contribution in [0.2, 0.25) is 0 Å². The Hall–Kier alpha value is -2.90. The summed E-state index contributed by atoms with van der Waals surface area (Å²) in [6.07, 6.45) is 8.00. The van der Waals surface area contributed by atoms with Crippen molar-refractivity contribution in [3.8, 4) is 0 Å². The van der Waals surface area contributed by atoms with Crippen molar-refractivity contribution in [2.24, 2.45) is 12.0 Å². The molecule has 2 aromatic rings. The van der Waals surface area contributed by atoms with Crippen molar-refractivity contribution in [1.29, 1.82) is 0 Å². The minimum Gasteiger partial charge on any atom is -0.356 e. The van der Waals surface area contributed by atoms with Crippen LogP contribution in [0, 0.1) is 6.92 Å². The van der Waals surface area contributed by atoms with E-state index in [2.05, 4.69) is 38.2 Å². The molecule has 1 N–H and O–H groups in total. The zero-order valence-electron chi connectivity index (χ0n) is 16.2. The van der Waals surface area contributed by atoms with Crippen molar-refractivity contribution in [2.75, 3.05) is 44.7 Å². The highest BCUT2D eigenvalue weighted by atomic mass is 16.1. The van der Waals surface area contributed by atoms with Gasteiger partial charge in [0.25, 0.3) is 5.56 Å². The Kier molecular flexibility index (Phi) is 6.05. The van der Waals surface area contributed by atoms with Gasteiger partial charge in [0.15, 0.2) is 11.8 Å². The third kappa shape index (κ3) is 4.45. The van der Waals surface area contributed by atoms with Gasteiger partial charge in [0, 0.05) is 71.6 Å².